The van der Waals surface area contributed by atoms with Gasteiger partial charge in [0, 0.05) is 19.5 Å². The molecule has 0 aromatic rings. The predicted molar refractivity (Wildman–Crippen MR) is 22.8 cm³/mol. The van der Waals surface area contributed by atoms with Crippen LogP contribution in [-0.2, 0) is 19.5 Å². The van der Waals surface area contributed by atoms with Gasteiger partial charge < -0.3 is 12.4 Å². The van der Waals surface area contributed by atoms with Crippen LogP contribution in [-0.4, -0.2) is 0 Å². The van der Waals surface area contributed by atoms with Crippen LogP contribution < -0.4 is 12.4 Å². The van der Waals surface area contributed by atoms with Crippen molar-refractivity contribution in [2.24, 2.45) is 0 Å². The van der Waals surface area contributed by atoms with Crippen molar-refractivity contribution in [1.29, 1.82) is 0 Å². The van der Waals surface area contributed by atoms with Gasteiger partial charge in [-0.05, 0) is 6.42 Å². The van der Waals surface area contributed by atoms with Gasteiger partial charge >= 0.3 is 0 Å². The summed E-state index contributed by atoms with van der Waals surface area (Å²) >= 11 is 0. The van der Waals surface area contributed by atoms with Crippen LogP contribution in [0.3, 0.4) is 0 Å². The van der Waals surface area contributed by atoms with E-state index in [0.717, 1.165) is 0 Å². The van der Waals surface area contributed by atoms with E-state index >= 15 is 0 Å². The van der Waals surface area contributed by atoms with Crippen LogP contribution in [0.2, 0.25) is 0 Å². The third-order valence-electron chi connectivity index (χ3n) is 1.07. The molecule has 0 nitrogen and oxygen atoms in total. The Labute approximate surface area is 64.2 Å². The van der Waals surface area contributed by atoms with Gasteiger partial charge in [0.2, 0.25) is 0 Å². The minimum atomic E-state index is 0. The molecule has 1 saturated carbocycles. The summed E-state index contributed by atoms with van der Waals surface area (Å²) in [6.07, 6.45) is 8.00. The van der Waals surface area contributed by atoms with E-state index in [-0.39, 0.29) is 31.9 Å². The van der Waals surface area contributed by atoms with E-state index < -0.39 is 0 Å². The maximum absolute atomic E-state index is 2.36. The summed E-state index contributed by atoms with van der Waals surface area (Å²) in [4.78, 5) is 0. The van der Waals surface area contributed by atoms with Crippen molar-refractivity contribution in [3.63, 3.8) is 0 Å². The van der Waals surface area contributed by atoms with Gasteiger partial charge in [-0.15, -0.1) is 0 Å². The molecule has 7 heavy (non-hydrogen) atoms. The number of hydrogen-bond acceptors (Lipinski definition) is 0. The normalized spacial score (nSPS) is 17.1. The average Bonchev–Trinajstić information content (AvgIpc) is 1.76. The second-order valence-corrected chi connectivity index (χ2v) is 1.57. The largest absolute Gasteiger partial charge is 1.00 e. The summed E-state index contributed by atoms with van der Waals surface area (Å²) in [6, 6.07) is 0. The Morgan fingerprint density at radius 2 is 1.43 bits per heavy atom. The number of halogens is 1. The van der Waals surface area contributed by atoms with Crippen molar-refractivity contribution in [2.75, 3.05) is 0 Å². The summed E-state index contributed by atoms with van der Waals surface area (Å²) in [6.45, 7) is 0. The van der Waals surface area contributed by atoms with Crippen molar-refractivity contribution >= 4 is 0 Å². The standard InChI is InChI=1S/C5H9.ClH.Zn/c1-2-4-5-3-1;;/h1H,2-5H2;1H;/p-1. The maximum atomic E-state index is 2.36. The third-order valence-corrected chi connectivity index (χ3v) is 1.07. The molecule has 0 spiro atoms. The first-order valence-corrected chi connectivity index (χ1v) is 2.32. The van der Waals surface area contributed by atoms with Crippen molar-refractivity contribution in [3.05, 3.63) is 6.42 Å². The zero-order valence-corrected chi connectivity index (χ0v) is 8.21. The Bertz CT molecular complexity index is 19.7. The number of hydrogen-bond donors (Lipinski definition) is 0. The van der Waals surface area contributed by atoms with Gasteiger partial charge in [0.1, 0.15) is 0 Å². The molecule has 0 bridgehead atoms. The summed E-state index contributed by atoms with van der Waals surface area (Å²) < 4.78 is 0. The molecule has 0 unspecified atom stereocenters. The van der Waals surface area contributed by atoms with Gasteiger partial charge in [-0.25, -0.2) is 0 Å². The van der Waals surface area contributed by atoms with Gasteiger partial charge in [0.25, 0.3) is 0 Å². The minimum Gasteiger partial charge on any atom is -1.00 e. The van der Waals surface area contributed by atoms with Gasteiger partial charge in [0.05, 0.1) is 0 Å². The average molecular weight is 170 g/mol. The molecule has 1 radical (unpaired) electrons. The Morgan fingerprint density at radius 3 is 1.57 bits per heavy atom. The first-order chi connectivity index (χ1) is 2.50. The molecule has 0 amide bonds. The molecule has 0 atom stereocenters. The van der Waals surface area contributed by atoms with Crippen LogP contribution in [0.1, 0.15) is 25.7 Å². The second-order valence-electron chi connectivity index (χ2n) is 1.57. The Kier molecular flexibility index (Phi) is 10.7. The first kappa shape index (κ1) is 10.8. The molecule has 0 saturated heterocycles. The Balaban J connectivity index is 0. The summed E-state index contributed by atoms with van der Waals surface area (Å²) in [5, 5.41) is 0. The van der Waals surface area contributed by atoms with E-state index in [2.05, 4.69) is 6.42 Å². The van der Waals surface area contributed by atoms with E-state index in [1.807, 2.05) is 0 Å². The molecule has 0 heterocycles. The third kappa shape index (κ3) is 4.77. The Morgan fingerprint density at radius 1 is 1.00 bits per heavy atom. The minimum absolute atomic E-state index is 0. The van der Waals surface area contributed by atoms with Gasteiger partial charge in [-0.1, -0.05) is 25.7 Å². The van der Waals surface area contributed by atoms with Crippen LogP contribution in [0.5, 0.6) is 0 Å². The van der Waals surface area contributed by atoms with Crippen LogP contribution >= 0.6 is 0 Å². The molecule has 0 N–H and O–H groups in total. The van der Waals surface area contributed by atoms with Crippen LogP contribution in [0, 0.1) is 6.42 Å². The fourth-order valence-corrected chi connectivity index (χ4v) is 0.722. The quantitative estimate of drug-likeness (QED) is 0.399. The van der Waals surface area contributed by atoms with Crippen LogP contribution in [0.25, 0.3) is 0 Å². The molecular formula is C5H9ClZn-. The van der Waals surface area contributed by atoms with E-state index in [4.69, 9.17) is 0 Å². The van der Waals surface area contributed by atoms with E-state index in [0.29, 0.717) is 0 Å². The molecule has 39 valence electrons. The fraction of sp³-hybridized carbons (Fsp3) is 0.800. The van der Waals surface area contributed by atoms with Gasteiger partial charge in [-0.2, -0.15) is 0 Å². The van der Waals surface area contributed by atoms with Crippen molar-refractivity contribution in [1.82, 2.24) is 0 Å². The molecule has 2 heteroatoms. The zero-order valence-electron chi connectivity index (χ0n) is 4.49. The smallest absolute Gasteiger partial charge is 0 e. The van der Waals surface area contributed by atoms with Crippen LogP contribution in [0.4, 0.5) is 0 Å². The maximum Gasteiger partial charge on any atom is 0 e. The van der Waals surface area contributed by atoms with Crippen molar-refractivity contribution < 1.29 is 31.9 Å². The molecule has 0 aromatic heterocycles. The fourth-order valence-electron chi connectivity index (χ4n) is 0.722. The van der Waals surface area contributed by atoms with E-state index in [1.54, 1.807) is 0 Å². The molecule has 1 aliphatic rings. The van der Waals surface area contributed by atoms with Gasteiger partial charge in [-0.3, -0.25) is 0 Å². The van der Waals surface area contributed by atoms with Crippen molar-refractivity contribution in [2.45, 2.75) is 25.7 Å². The van der Waals surface area contributed by atoms with Gasteiger partial charge in [0.15, 0.2) is 0 Å². The summed E-state index contributed by atoms with van der Waals surface area (Å²) in [7, 11) is 0. The summed E-state index contributed by atoms with van der Waals surface area (Å²) in [5.41, 5.74) is 0. The monoisotopic (exact) mass is 168 g/mol. The van der Waals surface area contributed by atoms with E-state index in [9.17, 15) is 0 Å². The molecule has 1 rings (SSSR count). The summed E-state index contributed by atoms with van der Waals surface area (Å²) in [5.74, 6) is 0. The SMILES string of the molecule is [CH]1CCCC1.[Cl-].[Zn]. The Hall–Kier alpha value is 0.913. The zero-order chi connectivity index (χ0) is 3.54. The molecular weight excluding hydrogens is 161 g/mol. The number of rotatable bonds is 0. The first-order valence-electron chi connectivity index (χ1n) is 2.32. The van der Waals surface area contributed by atoms with Crippen LogP contribution in [0.15, 0.2) is 0 Å². The van der Waals surface area contributed by atoms with E-state index in [1.165, 1.54) is 25.7 Å². The van der Waals surface area contributed by atoms with Crippen molar-refractivity contribution in [3.8, 4) is 0 Å². The molecule has 1 fully saturated rings. The second kappa shape index (κ2) is 6.91. The predicted octanol–water partition coefficient (Wildman–Crippen LogP) is -1.23. The molecule has 0 aliphatic heterocycles. The topological polar surface area (TPSA) is 0 Å². The molecule has 1 aliphatic carbocycles. The molecule has 0 aromatic carbocycles.